The molecule has 0 aromatic heterocycles. The van der Waals surface area contributed by atoms with Crippen molar-refractivity contribution in [2.24, 2.45) is 4.99 Å². The Bertz CT molecular complexity index is 472. The summed E-state index contributed by atoms with van der Waals surface area (Å²) in [5.74, 6) is 0.226. The molecule has 1 aromatic rings. The van der Waals surface area contributed by atoms with Crippen molar-refractivity contribution in [2.45, 2.75) is 32.1 Å². The van der Waals surface area contributed by atoms with Gasteiger partial charge in [0, 0.05) is 18.5 Å². The average molecular weight is 370 g/mol. The molecule has 116 valence electrons. The van der Waals surface area contributed by atoms with Crippen molar-refractivity contribution in [3.8, 4) is 0 Å². The van der Waals surface area contributed by atoms with Crippen molar-refractivity contribution in [1.82, 2.24) is 10.4 Å². The Morgan fingerprint density at radius 2 is 1.78 bits per heavy atom. The molecule has 0 saturated heterocycles. The maximum absolute atomic E-state index is 10.4. The van der Waals surface area contributed by atoms with Gasteiger partial charge in [-0.05, 0) is 12.8 Å². The number of nitrogens with zero attached hydrogens (tertiary/aromatic N) is 2. The van der Waals surface area contributed by atoms with Gasteiger partial charge in [-0.15, -0.1) is 0 Å². The quantitative estimate of drug-likeness (QED) is 0.362. The number of hydrogen-bond acceptors (Lipinski definition) is 4. The number of hydrogen-bond donors (Lipinski definition) is 2. The molecular formula is C15H21K2N3O3. The van der Waals surface area contributed by atoms with Gasteiger partial charge in [0.15, 0.2) is 0 Å². The Hall–Kier alpha value is 1.35. The van der Waals surface area contributed by atoms with E-state index in [4.69, 9.17) is 5.11 Å². The molecule has 23 heavy (non-hydrogen) atoms. The smallest absolute Gasteiger partial charge is 1.00 e. The summed E-state index contributed by atoms with van der Waals surface area (Å²) in [6, 6.07) is 10.1. The van der Waals surface area contributed by atoms with Crippen LogP contribution >= 0.6 is 0 Å². The number of carbonyl (C=O) groups is 1. The van der Waals surface area contributed by atoms with E-state index in [0.29, 0.717) is 6.67 Å². The first kappa shape index (κ1) is 26.6. The van der Waals surface area contributed by atoms with Gasteiger partial charge < -0.3 is 16.0 Å². The van der Waals surface area contributed by atoms with Crippen molar-refractivity contribution in [1.29, 1.82) is 0 Å². The van der Waals surface area contributed by atoms with Gasteiger partial charge in [-0.1, -0.05) is 43.2 Å². The Balaban J connectivity index is 0. The second-order valence-electron chi connectivity index (χ2n) is 4.95. The first-order chi connectivity index (χ1) is 9.75. The Kier molecular flexibility index (Phi) is 18.0. The summed E-state index contributed by atoms with van der Waals surface area (Å²) >= 11 is 0. The van der Waals surface area contributed by atoms with Crippen molar-refractivity contribution in [3.63, 3.8) is 0 Å². The first-order valence-electron chi connectivity index (χ1n) is 7.09. The summed E-state index contributed by atoms with van der Waals surface area (Å²) in [6.45, 7) is 1.62. The molecule has 2 rings (SSSR count). The van der Waals surface area contributed by atoms with Crippen molar-refractivity contribution in [2.75, 3.05) is 13.2 Å². The second kappa shape index (κ2) is 15.6. The predicted molar refractivity (Wildman–Crippen MR) is 79.1 cm³/mol. The third kappa shape index (κ3) is 10.8. The summed E-state index contributed by atoms with van der Waals surface area (Å²) in [7, 11) is 0. The number of nitrogens with one attached hydrogen (secondary N) is 1. The Labute approximate surface area is 222 Å². The molecule has 0 radical (unpaired) electrons. The number of benzene rings is 1. The molecular weight excluding hydrogens is 348 g/mol. The van der Waals surface area contributed by atoms with Gasteiger partial charge in [0.1, 0.15) is 12.5 Å². The van der Waals surface area contributed by atoms with E-state index in [1.165, 1.54) is 0 Å². The molecule has 1 heterocycles. The number of aliphatic carboxylic acids is 1. The van der Waals surface area contributed by atoms with Gasteiger partial charge in [0.05, 0.1) is 0 Å². The van der Waals surface area contributed by atoms with Gasteiger partial charge in [-0.2, -0.15) is 0 Å². The zero-order chi connectivity index (χ0) is 14.2. The SMILES string of the molecule is O=C(O)CCCCCCN1CN=C(c2ccccc2)N1.[K+].[K+].[O-2]. The summed E-state index contributed by atoms with van der Waals surface area (Å²) < 4.78 is 0. The fourth-order valence-electron chi connectivity index (χ4n) is 2.19. The van der Waals surface area contributed by atoms with E-state index < -0.39 is 5.97 Å². The number of hydrazine groups is 1. The van der Waals surface area contributed by atoms with Crippen LogP contribution in [0, 0.1) is 0 Å². The molecule has 0 saturated carbocycles. The minimum Gasteiger partial charge on any atom is -2.00 e. The molecule has 0 unspecified atom stereocenters. The molecule has 8 heteroatoms. The molecule has 0 atom stereocenters. The summed E-state index contributed by atoms with van der Waals surface area (Å²) in [4.78, 5) is 14.9. The van der Waals surface area contributed by atoms with E-state index in [1.54, 1.807) is 0 Å². The minimum atomic E-state index is -0.702. The molecule has 2 N–H and O–H groups in total. The Morgan fingerprint density at radius 3 is 2.43 bits per heavy atom. The number of rotatable bonds is 8. The van der Waals surface area contributed by atoms with E-state index >= 15 is 0 Å². The standard InChI is InChI=1S/C15H21N3O2.2K.O/c19-14(20)10-6-1-2-7-11-18-12-16-15(17-18)13-8-4-3-5-9-13;;;/h3-5,8-9H,1-2,6-7,10-12H2,(H,16,17)(H,19,20);;;/q;2*+1;-2. The third-order valence-corrected chi connectivity index (χ3v) is 3.28. The van der Waals surface area contributed by atoms with Gasteiger partial charge in [-0.3, -0.25) is 4.79 Å². The summed E-state index contributed by atoms with van der Waals surface area (Å²) in [6.07, 6.45) is 4.15. The molecule has 0 bridgehead atoms. The number of carboxylic acid groups (broad SMARTS) is 1. The van der Waals surface area contributed by atoms with E-state index in [2.05, 4.69) is 15.4 Å². The van der Waals surface area contributed by atoms with Gasteiger partial charge in [0.2, 0.25) is 0 Å². The zero-order valence-corrected chi connectivity index (χ0v) is 20.2. The maximum Gasteiger partial charge on any atom is 1.00 e. The van der Waals surface area contributed by atoms with Crippen LogP contribution in [0.5, 0.6) is 0 Å². The van der Waals surface area contributed by atoms with Crippen LogP contribution < -0.4 is 108 Å². The van der Waals surface area contributed by atoms with Crippen molar-refractivity contribution < 1.29 is 118 Å². The normalized spacial score (nSPS) is 13.0. The van der Waals surface area contributed by atoms with Crippen LogP contribution in [0.15, 0.2) is 35.3 Å². The number of aliphatic imine (C=N–C) groups is 1. The van der Waals surface area contributed by atoms with Crippen LogP contribution in [-0.2, 0) is 10.3 Å². The molecule has 0 amide bonds. The van der Waals surface area contributed by atoms with E-state index in [-0.39, 0.29) is 115 Å². The fraction of sp³-hybridized carbons (Fsp3) is 0.467. The van der Waals surface area contributed by atoms with Crippen LogP contribution in [-0.4, -0.2) is 35.1 Å². The third-order valence-electron chi connectivity index (χ3n) is 3.28. The van der Waals surface area contributed by atoms with Crippen LogP contribution in [0.25, 0.3) is 0 Å². The van der Waals surface area contributed by atoms with Crippen molar-refractivity contribution >= 4 is 11.8 Å². The van der Waals surface area contributed by atoms with Crippen LogP contribution in [0.1, 0.15) is 37.7 Å². The summed E-state index contributed by atoms with van der Waals surface area (Å²) in [5, 5.41) is 10.6. The van der Waals surface area contributed by atoms with E-state index in [1.807, 2.05) is 30.3 Å². The topological polar surface area (TPSA) is 93.4 Å². The predicted octanol–water partition coefficient (Wildman–Crippen LogP) is -3.86. The fourth-order valence-corrected chi connectivity index (χ4v) is 2.19. The number of amidine groups is 1. The molecule has 1 aliphatic rings. The summed E-state index contributed by atoms with van der Waals surface area (Å²) in [5.41, 5.74) is 4.41. The second-order valence-corrected chi connectivity index (χ2v) is 4.95. The van der Waals surface area contributed by atoms with Gasteiger partial charge in [0.25, 0.3) is 0 Å². The van der Waals surface area contributed by atoms with Gasteiger partial charge in [-0.25, -0.2) is 10.0 Å². The van der Waals surface area contributed by atoms with Crippen LogP contribution in [0.3, 0.4) is 0 Å². The number of unbranched alkanes of at least 4 members (excludes halogenated alkanes) is 3. The van der Waals surface area contributed by atoms with Crippen LogP contribution in [0.2, 0.25) is 0 Å². The maximum atomic E-state index is 10.4. The number of carboxylic acids is 1. The molecule has 0 spiro atoms. The largest absolute Gasteiger partial charge is 2.00 e. The molecule has 6 nitrogen and oxygen atoms in total. The van der Waals surface area contributed by atoms with Crippen molar-refractivity contribution in [3.05, 3.63) is 35.9 Å². The minimum absolute atomic E-state index is 0. The molecule has 1 aliphatic heterocycles. The van der Waals surface area contributed by atoms with E-state index in [9.17, 15) is 4.79 Å². The molecule has 1 aromatic carbocycles. The Morgan fingerprint density at radius 1 is 1.13 bits per heavy atom. The van der Waals surface area contributed by atoms with Gasteiger partial charge >= 0.3 is 109 Å². The zero-order valence-electron chi connectivity index (χ0n) is 14.0. The first-order valence-corrected chi connectivity index (χ1v) is 7.09. The molecule has 0 fully saturated rings. The average Bonchev–Trinajstić information content (AvgIpc) is 2.92. The van der Waals surface area contributed by atoms with E-state index in [0.717, 1.165) is 43.6 Å². The van der Waals surface area contributed by atoms with Crippen LogP contribution in [0.4, 0.5) is 0 Å². The monoisotopic (exact) mass is 369 g/mol. The molecule has 0 aliphatic carbocycles.